The lowest BCUT2D eigenvalue weighted by Gasteiger charge is -2.29. The van der Waals surface area contributed by atoms with E-state index < -0.39 is 0 Å². The Morgan fingerprint density at radius 3 is 2.25 bits per heavy atom. The van der Waals surface area contributed by atoms with Crippen molar-refractivity contribution in [3.05, 3.63) is 173 Å². The summed E-state index contributed by atoms with van der Waals surface area (Å²) in [5.41, 5.74) is 17.8. The highest BCUT2D eigenvalue weighted by Gasteiger charge is 2.32. The molecule has 2 aliphatic carbocycles. The minimum absolute atomic E-state index is 0.367. The summed E-state index contributed by atoms with van der Waals surface area (Å²) in [6.45, 7) is 12.5. The van der Waals surface area contributed by atoms with Gasteiger partial charge in [-0.2, -0.15) is 0 Å². The van der Waals surface area contributed by atoms with Gasteiger partial charge in [-0.1, -0.05) is 156 Å². The summed E-state index contributed by atoms with van der Waals surface area (Å²) >= 11 is 0. The van der Waals surface area contributed by atoms with Crippen LogP contribution in [0.25, 0.3) is 38.6 Å². The SMILES string of the molecule is C=C1CCC=CCN(c2ccc3c(c2)C2=C(CCC(n4c5ccccc5c5ccccc54)=C2)CC(c2ccc(CC(CC)CCCC)cc2)C3C)c2ccccc21. The first-order chi connectivity index (χ1) is 28.0. The monoisotopic (exact) mass is 746 g/mol. The number of allylic oxidation sites excluding steroid dienone is 6. The van der Waals surface area contributed by atoms with Gasteiger partial charge in [0.1, 0.15) is 0 Å². The van der Waals surface area contributed by atoms with E-state index in [1.54, 1.807) is 5.57 Å². The van der Waals surface area contributed by atoms with E-state index in [1.165, 1.54) is 110 Å². The van der Waals surface area contributed by atoms with Crippen LogP contribution < -0.4 is 4.90 Å². The largest absolute Gasteiger partial charge is 0.337 e. The molecule has 5 aromatic carbocycles. The molecule has 3 unspecified atom stereocenters. The van der Waals surface area contributed by atoms with Crippen molar-refractivity contribution in [2.45, 2.75) is 96.8 Å². The Labute approximate surface area is 340 Å². The Morgan fingerprint density at radius 1 is 0.754 bits per heavy atom. The zero-order valence-electron chi connectivity index (χ0n) is 34.3. The van der Waals surface area contributed by atoms with Gasteiger partial charge in [-0.3, -0.25) is 0 Å². The summed E-state index contributed by atoms with van der Waals surface area (Å²) in [5.74, 6) is 1.56. The Kier molecular flexibility index (Phi) is 10.6. The molecule has 0 spiro atoms. The van der Waals surface area contributed by atoms with Gasteiger partial charge in [-0.05, 0) is 126 Å². The Morgan fingerprint density at radius 2 is 1.49 bits per heavy atom. The van der Waals surface area contributed by atoms with Gasteiger partial charge in [-0.25, -0.2) is 0 Å². The van der Waals surface area contributed by atoms with Gasteiger partial charge in [0.15, 0.2) is 0 Å². The molecule has 1 aliphatic heterocycles. The molecule has 0 amide bonds. The lowest BCUT2D eigenvalue weighted by Crippen LogP contribution is -2.19. The molecule has 3 aliphatic rings. The van der Waals surface area contributed by atoms with Crippen molar-refractivity contribution in [3.8, 4) is 0 Å². The quantitative estimate of drug-likeness (QED) is 0.134. The first-order valence-corrected chi connectivity index (χ1v) is 21.9. The van der Waals surface area contributed by atoms with Crippen LogP contribution in [0.1, 0.15) is 118 Å². The summed E-state index contributed by atoms with van der Waals surface area (Å²) in [7, 11) is 0. The molecule has 2 nitrogen and oxygen atoms in total. The van der Waals surface area contributed by atoms with E-state index in [0.717, 1.165) is 44.6 Å². The topological polar surface area (TPSA) is 8.17 Å². The van der Waals surface area contributed by atoms with E-state index in [2.05, 4.69) is 170 Å². The third kappa shape index (κ3) is 7.14. The van der Waals surface area contributed by atoms with Gasteiger partial charge in [0, 0.05) is 40.0 Å². The van der Waals surface area contributed by atoms with E-state index in [4.69, 9.17) is 0 Å². The van der Waals surface area contributed by atoms with Crippen LogP contribution in [0.15, 0.2) is 146 Å². The van der Waals surface area contributed by atoms with Crippen molar-refractivity contribution in [2.24, 2.45) is 5.92 Å². The summed E-state index contributed by atoms with van der Waals surface area (Å²) < 4.78 is 2.56. The van der Waals surface area contributed by atoms with Crippen molar-refractivity contribution < 1.29 is 0 Å². The molecular weight excluding hydrogens is 689 g/mol. The van der Waals surface area contributed by atoms with Crippen LogP contribution in [0, 0.1) is 5.92 Å². The number of hydrogen-bond acceptors (Lipinski definition) is 1. The third-order valence-electron chi connectivity index (χ3n) is 13.6. The predicted octanol–water partition coefficient (Wildman–Crippen LogP) is 15.4. The number of hydrogen-bond donors (Lipinski definition) is 0. The summed E-state index contributed by atoms with van der Waals surface area (Å²) in [5, 5.41) is 2.65. The van der Waals surface area contributed by atoms with Crippen molar-refractivity contribution in [1.82, 2.24) is 4.57 Å². The van der Waals surface area contributed by atoms with Gasteiger partial charge in [0.2, 0.25) is 0 Å². The first kappa shape index (κ1) is 37.2. The fourth-order valence-electron chi connectivity index (χ4n) is 10.3. The van der Waals surface area contributed by atoms with E-state index in [-0.39, 0.29) is 0 Å². The van der Waals surface area contributed by atoms with Gasteiger partial charge >= 0.3 is 0 Å². The number of fused-ring (bicyclic) bond motifs is 6. The Balaban J connectivity index is 1.18. The van der Waals surface area contributed by atoms with Crippen molar-refractivity contribution in [3.63, 3.8) is 0 Å². The molecule has 0 saturated heterocycles. The smallest absolute Gasteiger partial charge is 0.0537 e. The van der Waals surface area contributed by atoms with Gasteiger partial charge in [0.25, 0.3) is 0 Å². The van der Waals surface area contributed by atoms with Crippen LogP contribution in [-0.2, 0) is 6.42 Å². The van der Waals surface area contributed by atoms with Crippen molar-refractivity contribution in [2.75, 3.05) is 11.4 Å². The van der Waals surface area contributed by atoms with E-state index >= 15 is 0 Å². The molecule has 6 aromatic rings. The highest BCUT2D eigenvalue weighted by molar-refractivity contribution is 6.10. The van der Waals surface area contributed by atoms with Crippen LogP contribution in [0.3, 0.4) is 0 Å². The van der Waals surface area contributed by atoms with E-state index in [0.29, 0.717) is 11.8 Å². The van der Waals surface area contributed by atoms with Gasteiger partial charge < -0.3 is 9.47 Å². The zero-order chi connectivity index (χ0) is 38.9. The predicted molar refractivity (Wildman–Crippen MR) is 246 cm³/mol. The molecule has 0 saturated carbocycles. The van der Waals surface area contributed by atoms with Crippen molar-refractivity contribution in [1.29, 1.82) is 0 Å². The second-order valence-corrected chi connectivity index (χ2v) is 17.0. The molecule has 0 fully saturated rings. The van der Waals surface area contributed by atoms with Crippen LogP contribution in [-0.4, -0.2) is 11.1 Å². The van der Waals surface area contributed by atoms with E-state index in [1.807, 2.05) is 0 Å². The zero-order valence-corrected chi connectivity index (χ0v) is 34.3. The second-order valence-electron chi connectivity index (χ2n) is 17.0. The fourth-order valence-corrected chi connectivity index (χ4v) is 10.3. The molecular formula is C55H58N2. The molecule has 288 valence electrons. The second kappa shape index (κ2) is 16.3. The summed E-state index contributed by atoms with van der Waals surface area (Å²) in [6, 6.07) is 44.0. The molecule has 2 heteroatoms. The molecule has 0 radical (unpaired) electrons. The maximum Gasteiger partial charge on any atom is 0.0537 e. The molecule has 0 N–H and O–H groups in total. The number of aromatic nitrogens is 1. The number of nitrogens with zero attached hydrogens (tertiary/aromatic N) is 2. The van der Waals surface area contributed by atoms with Crippen LogP contribution in [0.2, 0.25) is 0 Å². The minimum atomic E-state index is 0.367. The highest BCUT2D eigenvalue weighted by Crippen LogP contribution is 2.50. The van der Waals surface area contributed by atoms with Gasteiger partial charge in [0.05, 0.1) is 11.0 Å². The molecule has 9 rings (SSSR count). The maximum atomic E-state index is 4.54. The number of benzene rings is 5. The van der Waals surface area contributed by atoms with Gasteiger partial charge in [-0.15, -0.1) is 0 Å². The van der Waals surface area contributed by atoms with Crippen LogP contribution >= 0.6 is 0 Å². The Bertz CT molecular complexity index is 2470. The minimum Gasteiger partial charge on any atom is -0.337 e. The maximum absolute atomic E-state index is 4.54. The molecule has 2 heterocycles. The standard InChI is InChI=1S/C55H58N2/c1-5-7-18-40(6-2)34-41-25-27-42(28-26-41)50-35-43-29-30-45(57-54-23-14-11-20-48(54)49-21-12-15-24-55(49)57)37-51(43)52-36-44(31-32-47(52)39(50)4)56-33-16-8-9-17-38(3)46-19-10-13-22-53(46)56/h8,10-16,19-28,31-32,36-37,39-40,50H,3,5-7,9,17-18,29-30,33-35H2,1-2,4H3. The molecule has 3 atom stereocenters. The summed E-state index contributed by atoms with van der Waals surface area (Å²) in [4.78, 5) is 2.51. The Hall–Kier alpha value is -5.34. The average molecular weight is 747 g/mol. The molecule has 57 heavy (non-hydrogen) atoms. The lowest BCUT2D eigenvalue weighted by atomic mass is 9.79. The third-order valence-corrected chi connectivity index (χ3v) is 13.6. The molecule has 0 bridgehead atoms. The fraction of sp³-hybridized carbons (Fsp3) is 0.309. The first-order valence-electron chi connectivity index (χ1n) is 21.9. The molecule has 1 aromatic heterocycles. The lowest BCUT2D eigenvalue weighted by molar-refractivity contribution is 0.449. The number of para-hydroxylation sites is 3. The highest BCUT2D eigenvalue weighted by atomic mass is 15.1. The number of unbranched alkanes of at least 4 members (excludes halogenated alkanes) is 1. The van der Waals surface area contributed by atoms with Crippen LogP contribution in [0.5, 0.6) is 0 Å². The number of rotatable bonds is 9. The number of anilines is 2. The normalized spacial score (nSPS) is 19.0. The van der Waals surface area contributed by atoms with Crippen molar-refractivity contribution >= 4 is 50.0 Å². The summed E-state index contributed by atoms with van der Waals surface area (Å²) in [6.07, 6.45) is 18.8. The van der Waals surface area contributed by atoms with E-state index in [9.17, 15) is 0 Å². The van der Waals surface area contributed by atoms with Crippen LogP contribution in [0.4, 0.5) is 11.4 Å². The average Bonchev–Trinajstić information content (AvgIpc) is 3.57.